The molecule has 0 radical (unpaired) electrons. The number of amides is 1. The maximum atomic E-state index is 12.1. The first-order valence-electron chi connectivity index (χ1n) is 7.07. The van der Waals surface area contributed by atoms with Gasteiger partial charge in [0.2, 0.25) is 5.91 Å². The smallest absolute Gasteiger partial charge is 0.226 e. The van der Waals surface area contributed by atoms with E-state index >= 15 is 0 Å². The standard InChI is InChI=1S/C14H18N6O/c15-14(6-1-2-7-14)9-13(21)17-11-4-3-5-12(8-11)20-10-16-18-19-20/h3-5,8,10H,1-2,6-7,9,15H2,(H,17,21). The average Bonchev–Trinajstić information content (AvgIpc) is 3.10. The van der Waals surface area contributed by atoms with Crippen LogP contribution in [0.25, 0.3) is 5.69 Å². The molecule has 1 amide bonds. The van der Waals surface area contributed by atoms with E-state index in [1.54, 1.807) is 0 Å². The first-order valence-corrected chi connectivity index (χ1v) is 7.07. The fraction of sp³-hybridized carbons (Fsp3) is 0.429. The largest absolute Gasteiger partial charge is 0.326 e. The SMILES string of the molecule is NC1(CC(=O)Nc2cccc(-n3cnnn3)c2)CCCC1. The van der Waals surface area contributed by atoms with E-state index in [2.05, 4.69) is 20.8 Å². The number of anilines is 1. The minimum absolute atomic E-state index is 0.0479. The summed E-state index contributed by atoms with van der Waals surface area (Å²) in [5.41, 5.74) is 7.40. The fourth-order valence-electron chi connectivity index (χ4n) is 2.79. The number of rotatable bonds is 4. The molecule has 0 saturated heterocycles. The van der Waals surface area contributed by atoms with Gasteiger partial charge in [-0.05, 0) is 41.5 Å². The third kappa shape index (κ3) is 3.25. The molecule has 0 unspecified atom stereocenters. The van der Waals surface area contributed by atoms with Crippen molar-refractivity contribution in [2.45, 2.75) is 37.6 Å². The highest BCUT2D eigenvalue weighted by molar-refractivity contribution is 5.91. The highest BCUT2D eigenvalue weighted by Crippen LogP contribution is 2.30. The van der Waals surface area contributed by atoms with E-state index < -0.39 is 0 Å². The molecule has 21 heavy (non-hydrogen) atoms. The number of carbonyl (C=O) groups excluding carboxylic acids is 1. The predicted octanol–water partition coefficient (Wildman–Crippen LogP) is 1.26. The number of tetrazole rings is 1. The molecule has 1 aliphatic carbocycles. The van der Waals surface area contributed by atoms with E-state index in [1.807, 2.05) is 24.3 Å². The van der Waals surface area contributed by atoms with E-state index in [-0.39, 0.29) is 11.4 Å². The fourth-order valence-corrected chi connectivity index (χ4v) is 2.79. The van der Waals surface area contributed by atoms with Gasteiger partial charge in [-0.3, -0.25) is 4.79 Å². The van der Waals surface area contributed by atoms with Crippen molar-refractivity contribution in [2.24, 2.45) is 5.73 Å². The van der Waals surface area contributed by atoms with Crippen LogP contribution in [-0.4, -0.2) is 31.7 Å². The summed E-state index contributed by atoms with van der Waals surface area (Å²) in [4.78, 5) is 12.1. The van der Waals surface area contributed by atoms with E-state index in [0.717, 1.165) is 37.1 Å². The summed E-state index contributed by atoms with van der Waals surface area (Å²) in [6.07, 6.45) is 5.93. The van der Waals surface area contributed by atoms with Gasteiger partial charge >= 0.3 is 0 Å². The third-order valence-corrected chi connectivity index (χ3v) is 3.86. The summed E-state index contributed by atoms with van der Waals surface area (Å²) in [5, 5.41) is 13.9. The number of hydrogen-bond donors (Lipinski definition) is 2. The summed E-state index contributed by atoms with van der Waals surface area (Å²) < 4.78 is 1.54. The molecule has 0 atom stereocenters. The Hall–Kier alpha value is -2.28. The first kappa shape index (κ1) is 13.7. The minimum atomic E-state index is -0.336. The first-order chi connectivity index (χ1) is 10.1. The maximum absolute atomic E-state index is 12.1. The topological polar surface area (TPSA) is 98.7 Å². The average molecular weight is 286 g/mol. The van der Waals surface area contributed by atoms with Crippen LogP contribution < -0.4 is 11.1 Å². The van der Waals surface area contributed by atoms with Crippen LogP contribution >= 0.6 is 0 Å². The lowest BCUT2D eigenvalue weighted by atomic mass is 9.94. The van der Waals surface area contributed by atoms with E-state index in [4.69, 9.17) is 5.73 Å². The molecule has 7 heteroatoms. The predicted molar refractivity (Wildman–Crippen MR) is 77.8 cm³/mol. The maximum Gasteiger partial charge on any atom is 0.226 e. The second-order valence-electron chi connectivity index (χ2n) is 5.60. The van der Waals surface area contributed by atoms with Gasteiger partial charge in [0.05, 0.1) is 5.69 Å². The van der Waals surface area contributed by atoms with Crippen LogP contribution in [0.1, 0.15) is 32.1 Å². The van der Waals surface area contributed by atoms with Crippen molar-refractivity contribution in [3.63, 3.8) is 0 Å². The molecule has 3 rings (SSSR count). The number of carbonyl (C=O) groups is 1. The van der Waals surface area contributed by atoms with Crippen LogP contribution in [-0.2, 0) is 4.79 Å². The lowest BCUT2D eigenvalue weighted by Crippen LogP contribution is -2.40. The van der Waals surface area contributed by atoms with Gasteiger partial charge in [-0.1, -0.05) is 18.9 Å². The lowest BCUT2D eigenvalue weighted by Gasteiger charge is -2.22. The van der Waals surface area contributed by atoms with Crippen LogP contribution in [0.15, 0.2) is 30.6 Å². The molecule has 1 fully saturated rings. The Labute approximate surface area is 122 Å². The zero-order valence-corrected chi connectivity index (χ0v) is 11.7. The summed E-state index contributed by atoms with van der Waals surface area (Å²) in [7, 11) is 0. The van der Waals surface area contributed by atoms with Crippen LogP contribution in [0, 0.1) is 0 Å². The van der Waals surface area contributed by atoms with Crippen molar-refractivity contribution in [1.29, 1.82) is 0 Å². The molecule has 0 spiro atoms. The summed E-state index contributed by atoms with van der Waals surface area (Å²) in [5.74, 6) is -0.0479. The highest BCUT2D eigenvalue weighted by Gasteiger charge is 2.31. The van der Waals surface area contributed by atoms with Crippen molar-refractivity contribution in [2.75, 3.05) is 5.32 Å². The molecule has 0 bridgehead atoms. The molecular weight excluding hydrogens is 268 g/mol. The molecule has 7 nitrogen and oxygen atoms in total. The lowest BCUT2D eigenvalue weighted by molar-refractivity contribution is -0.117. The van der Waals surface area contributed by atoms with Gasteiger partial charge in [-0.15, -0.1) is 5.10 Å². The Morgan fingerprint density at radius 1 is 1.38 bits per heavy atom. The second kappa shape index (κ2) is 5.61. The van der Waals surface area contributed by atoms with Gasteiger partial charge in [-0.25, -0.2) is 4.68 Å². The van der Waals surface area contributed by atoms with Crippen molar-refractivity contribution in [3.8, 4) is 5.69 Å². The normalized spacial score (nSPS) is 16.8. The molecule has 0 aliphatic heterocycles. The zero-order valence-electron chi connectivity index (χ0n) is 11.7. The number of hydrogen-bond acceptors (Lipinski definition) is 5. The van der Waals surface area contributed by atoms with E-state index in [1.165, 1.54) is 11.0 Å². The number of nitrogens with two attached hydrogens (primary N) is 1. The Kier molecular flexibility index (Phi) is 3.66. The zero-order chi connectivity index (χ0) is 14.7. The Balaban J connectivity index is 1.67. The summed E-state index contributed by atoms with van der Waals surface area (Å²) in [6.45, 7) is 0. The Bertz CT molecular complexity index is 618. The molecule has 1 aromatic heterocycles. The van der Waals surface area contributed by atoms with Crippen molar-refractivity contribution >= 4 is 11.6 Å². The number of benzene rings is 1. The van der Waals surface area contributed by atoms with Gasteiger partial charge in [0.25, 0.3) is 0 Å². The van der Waals surface area contributed by atoms with Gasteiger partial charge < -0.3 is 11.1 Å². The van der Waals surface area contributed by atoms with E-state index in [9.17, 15) is 4.79 Å². The third-order valence-electron chi connectivity index (χ3n) is 3.86. The van der Waals surface area contributed by atoms with Crippen LogP contribution in [0.2, 0.25) is 0 Å². The molecule has 1 saturated carbocycles. The van der Waals surface area contributed by atoms with Crippen LogP contribution in [0.3, 0.4) is 0 Å². The Morgan fingerprint density at radius 2 is 2.19 bits per heavy atom. The van der Waals surface area contributed by atoms with Gasteiger partial charge in [0, 0.05) is 17.6 Å². The second-order valence-corrected chi connectivity index (χ2v) is 5.60. The number of nitrogens with zero attached hydrogens (tertiary/aromatic N) is 4. The van der Waals surface area contributed by atoms with Gasteiger partial charge in [-0.2, -0.15) is 0 Å². The minimum Gasteiger partial charge on any atom is -0.326 e. The van der Waals surface area contributed by atoms with Gasteiger partial charge in [0.1, 0.15) is 6.33 Å². The van der Waals surface area contributed by atoms with Gasteiger partial charge in [0.15, 0.2) is 0 Å². The van der Waals surface area contributed by atoms with Crippen molar-refractivity contribution < 1.29 is 4.79 Å². The quantitative estimate of drug-likeness (QED) is 0.881. The monoisotopic (exact) mass is 286 g/mol. The number of aromatic nitrogens is 4. The summed E-state index contributed by atoms with van der Waals surface area (Å²) in [6, 6.07) is 7.38. The molecule has 1 heterocycles. The van der Waals surface area contributed by atoms with Crippen molar-refractivity contribution in [3.05, 3.63) is 30.6 Å². The molecular formula is C14H18N6O. The highest BCUT2D eigenvalue weighted by atomic mass is 16.1. The summed E-state index contributed by atoms with van der Waals surface area (Å²) >= 11 is 0. The molecule has 1 aromatic carbocycles. The van der Waals surface area contributed by atoms with E-state index in [0.29, 0.717) is 6.42 Å². The van der Waals surface area contributed by atoms with Crippen LogP contribution in [0.4, 0.5) is 5.69 Å². The molecule has 3 N–H and O–H groups in total. The number of nitrogens with one attached hydrogen (secondary N) is 1. The molecule has 2 aromatic rings. The Morgan fingerprint density at radius 3 is 2.90 bits per heavy atom. The van der Waals surface area contributed by atoms with Crippen LogP contribution in [0.5, 0.6) is 0 Å². The molecule has 1 aliphatic rings. The molecule has 110 valence electrons. The van der Waals surface area contributed by atoms with Crippen molar-refractivity contribution in [1.82, 2.24) is 20.2 Å².